The number of nitrogens with one attached hydrogen (secondary N) is 1. The molecule has 60 valence electrons. The van der Waals surface area contributed by atoms with E-state index in [0.29, 0.717) is 0 Å². The largest absolute Gasteiger partial charge is 1.00 e. The minimum atomic E-state index is -1.75. The van der Waals surface area contributed by atoms with Crippen molar-refractivity contribution in [2.24, 2.45) is 0 Å². The minimum Gasteiger partial charge on any atom is -0.356 e. The molecule has 0 saturated heterocycles. The van der Waals surface area contributed by atoms with Crippen LogP contribution in [0.4, 0.5) is 0 Å². The van der Waals surface area contributed by atoms with E-state index < -0.39 is 10.2 Å². The van der Waals surface area contributed by atoms with Crippen molar-refractivity contribution in [3.05, 3.63) is 30.3 Å². The third kappa shape index (κ3) is 4250. The van der Waals surface area contributed by atoms with E-state index in [0.717, 1.165) is 0 Å². The van der Waals surface area contributed by atoms with Crippen LogP contribution in [0.15, 0.2) is 0 Å². The summed E-state index contributed by atoms with van der Waals surface area (Å²) in [5, 5.41) is 28.4. The molecule has 0 fully saturated rings. The van der Waals surface area contributed by atoms with Gasteiger partial charge < -0.3 is 20.5 Å². The maximum absolute atomic E-state index is 8.36. The van der Waals surface area contributed by atoms with Crippen molar-refractivity contribution in [1.82, 2.24) is 0 Å². The van der Waals surface area contributed by atoms with E-state index in [9.17, 15) is 0 Å². The van der Waals surface area contributed by atoms with Crippen LogP contribution in [-0.4, -0.2) is 15.4 Å². The molecule has 0 saturated carbocycles. The fourth-order valence-electron chi connectivity index (χ4n) is 0. The second kappa shape index (κ2) is 22.6. The molecule has 0 spiro atoms. The SMILES string of the molecule is N=O.O=[N+]([O-])O.O=[N+]([O-])[O-].[K+]. The molecule has 0 amide bonds. The zero-order valence-electron chi connectivity index (χ0n) is 5.29. The van der Waals surface area contributed by atoms with Gasteiger partial charge in [0.25, 0.3) is 5.09 Å². The molecule has 0 atom stereocenters. The quantitative estimate of drug-likeness (QED) is 0.177. The van der Waals surface area contributed by atoms with Crippen molar-refractivity contribution in [1.29, 1.82) is 5.59 Å². The molecule has 0 radical (unpaired) electrons. The first kappa shape index (κ1) is 22.4. The van der Waals surface area contributed by atoms with E-state index in [1.54, 1.807) is 0 Å². The van der Waals surface area contributed by atoms with Crippen molar-refractivity contribution in [2.45, 2.75) is 0 Å². The number of rotatable bonds is 0. The van der Waals surface area contributed by atoms with Crippen LogP contribution in [0.5, 0.6) is 0 Å². The van der Waals surface area contributed by atoms with Crippen molar-refractivity contribution < 1.29 is 66.8 Å². The molecule has 0 aliphatic carbocycles. The second-order valence-electron chi connectivity index (χ2n) is 0.461. The minimum absolute atomic E-state index is 0. The first-order chi connectivity index (χ1) is 4.46. The smallest absolute Gasteiger partial charge is 0.356 e. The van der Waals surface area contributed by atoms with Crippen LogP contribution < -0.4 is 51.4 Å². The Morgan fingerprint density at radius 2 is 1.09 bits per heavy atom. The summed E-state index contributed by atoms with van der Waals surface area (Å²) < 4.78 is 0. The van der Waals surface area contributed by atoms with Crippen LogP contribution in [0.25, 0.3) is 0 Å². The van der Waals surface area contributed by atoms with Crippen LogP contribution in [0.1, 0.15) is 0 Å². The number of nitrogens with zero attached hydrogens (tertiary/aromatic N) is 2. The van der Waals surface area contributed by atoms with Crippen molar-refractivity contribution >= 4 is 0 Å². The fourth-order valence-corrected chi connectivity index (χ4v) is 0. The zero-order chi connectivity index (χ0) is 9.15. The maximum Gasteiger partial charge on any atom is 1.00 e. The van der Waals surface area contributed by atoms with Crippen molar-refractivity contribution in [2.75, 3.05) is 0 Å². The number of hydrogen-bond acceptors (Lipinski definition) is 7. The topological polar surface area (TPSA) is 170 Å². The average molecular weight is 195 g/mol. The van der Waals surface area contributed by atoms with Crippen LogP contribution in [0.3, 0.4) is 0 Å². The molecule has 0 aromatic carbocycles. The van der Waals surface area contributed by atoms with Crippen LogP contribution >= 0.6 is 0 Å². The van der Waals surface area contributed by atoms with Gasteiger partial charge in [-0.15, -0.1) is 10.1 Å². The molecule has 0 bridgehead atoms. The second-order valence-corrected chi connectivity index (χ2v) is 0.461. The third-order valence-electron chi connectivity index (χ3n) is 0. The van der Waals surface area contributed by atoms with Gasteiger partial charge in [0.2, 0.25) is 0 Å². The Morgan fingerprint density at radius 1 is 1.09 bits per heavy atom. The van der Waals surface area contributed by atoms with E-state index in [1.165, 1.54) is 0 Å². The Morgan fingerprint density at radius 3 is 1.09 bits per heavy atom. The average Bonchev–Trinajstić information content (AvgIpc) is 1.66. The Bertz CT molecular complexity index is 81.9. The van der Waals surface area contributed by atoms with E-state index in [2.05, 4.69) is 5.59 Å². The van der Waals surface area contributed by atoms with Gasteiger partial charge >= 0.3 is 51.4 Å². The van der Waals surface area contributed by atoms with E-state index in [-0.39, 0.29) is 51.4 Å². The van der Waals surface area contributed by atoms with Gasteiger partial charge in [0.05, 0.1) is 5.09 Å². The number of nitroso groups, excluding NO2 is 1. The predicted octanol–water partition coefficient (Wildman–Crippen LogP) is -3.25. The normalized spacial score (nSPS) is 4.73. The van der Waals surface area contributed by atoms with Gasteiger partial charge in [-0.1, -0.05) is 5.59 Å². The summed E-state index contributed by atoms with van der Waals surface area (Å²) in [6, 6.07) is 0. The summed E-state index contributed by atoms with van der Waals surface area (Å²) in [4.78, 5) is 24.1. The fraction of sp³-hybridized carbons (Fsp3) is 0. The molecule has 0 unspecified atom stereocenters. The Labute approximate surface area is 102 Å². The summed E-state index contributed by atoms with van der Waals surface area (Å²) in [5.74, 6) is 0. The Hall–Kier alpha value is -0.364. The van der Waals surface area contributed by atoms with Gasteiger partial charge in [-0.2, -0.15) is 4.91 Å². The zero-order valence-corrected chi connectivity index (χ0v) is 8.41. The van der Waals surface area contributed by atoms with Gasteiger partial charge in [0.15, 0.2) is 0 Å². The molecule has 0 aliphatic rings. The Balaban J connectivity index is -0.0000000339. The number of hydrogen-bond donors (Lipinski definition) is 2. The van der Waals surface area contributed by atoms with E-state index in [4.69, 9.17) is 35.6 Å². The molecule has 2 N–H and O–H groups in total. The molecule has 0 aliphatic heterocycles. The van der Waals surface area contributed by atoms with Crippen molar-refractivity contribution in [3.8, 4) is 0 Å². The summed E-state index contributed by atoms with van der Waals surface area (Å²) in [7, 11) is 0. The van der Waals surface area contributed by atoms with Gasteiger partial charge in [-0.3, -0.25) is 0 Å². The van der Waals surface area contributed by atoms with E-state index >= 15 is 0 Å². The summed E-state index contributed by atoms with van der Waals surface area (Å²) in [5.41, 5.74) is 4.50. The summed E-state index contributed by atoms with van der Waals surface area (Å²) >= 11 is 0. The standard InChI is InChI=1S/K.HNO3.NO3.HNO/c;2*2-1(3)4;1-2/h;(H,2,3,4);;1H/q+1;;-1;. The summed E-state index contributed by atoms with van der Waals surface area (Å²) in [6.45, 7) is 0. The Kier molecular flexibility index (Phi) is 46.1. The predicted molar refractivity (Wildman–Crippen MR) is 25.2 cm³/mol. The van der Waals surface area contributed by atoms with Crippen LogP contribution in [-0.2, 0) is 0 Å². The molecule has 11 heavy (non-hydrogen) atoms. The molecule has 10 nitrogen and oxygen atoms in total. The molecular formula is H2KN3O7. The van der Waals surface area contributed by atoms with Gasteiger partial charge in [-0.25, -0.2) is 0 Å². The van der Waals surface area contributed by atoms with Gasteiger partial charge in [-0.05, 0) is 0 Å². The monoisotopic (exact) mass is 195 g/mol. The van der Waals surface area contributed by atoms with E-state index in [1.807, 2.05) is 0 Å². The van der Waals surface area contributed by atoms with Gasteiger partial charge in [0.1, 0.15) is 0 Å². The molecule has 11 heteroatoms. The molecule has 0 aromatic rings. The molecular weight excluding hydrogens is 193 g/mol. The van der Waals surface area contributed by atoms with Crippen LogP contribution in [0.2, 0.25) is 0 Å². The van der Waals surface area contributed by atoms with Crippen molar-refractivity contribution in [3.63, 3.8) is 0 Å². The first-order valence-corrected chi connectivity index (χ1v) is 1.32. The molecule has 0 aromatic heterocycles. The first-order valence-electron chi connectivity index (χ1n) is 1.32. The molecule has 0 heterocycles. The molecule has 0 rings (SSSR count). The summed E-state index contributed by atoms with van der Waals surface area (Å²) in [6.07, 6.45) is 0. The third-order valence-corrected chi connectivity index (χ3v) is 0. The van der Waals surface area contributed by atoms with Crippen LogP contribution in [0, 0.1) is 35.9 Å². The van der Waals surface area contributed by atoms with Gasteiger partial charge in [0, 0.05) is 0 Å². The maximum atomic E-state index is 8.36.